The molecule has 2 aromatic carbocycles. The van der Waals surface area contributed by atoms with E-state index < -0.39 is 15.8 Å². The topological polar surface area (TPSA) is 66.5 Å². The van der Waals surface area contributed by atoms with E-state index in [0.717, 1.165) is 30.5 Å². The fraction of sp³-hybridized carbons (Fsp3) is 0.409. The highest BCUT2D eigenvalue weighted by Gasteiger charge is 2.27. The third-order valence-electron chi connectivity index (χ3n) is 5.81. The molecule has 1 saturated heterocycles. The number of benzene rings is 2. The molecule has 1 aliphatic carbocycles. The normalized spacial score (nSPS) is 17.3. The molecule has 1 aliphatic heterocycles. The third-order valence-corrected chi connectivity index (χ3v) is 7.35. The molecule has 0 saturated carbocycles. The van der Waals surface area contributed by atoms with Crippen LogP contribution < -0.4 is 4.72 Å². The van der Waals surface area contributed by atoms with E-state index in [1.165, 1.54) is 29.7 Å². The number of nitrogens with one attached hydrogen (secondary N) is 1. The molecule has 154 valence electrons. The molecule has 0 aromatic heterocycles. The lowest BCUT2D eigenvalue weighted by molar-refractivity contribution is -0.131. The van der Waals surface area contributed by atoms with Crippen molar-refractivity contribution < 1.29 is 17.6 Å². The Bertz CT molecular complexity index is 997. The minimum absolute atomic E-state index is 0.0500. The van der Waals surface area contributed by atoms with Crippen molar-refractivity contribution in [1.82, 2.24) is 9.62 Å². The zero-order valence-electron chi connectivity index (χ0n) is 16.2. The van der Waals surface area contributed by atoms with E-state index >= 15 is 0 Å². The molecule has 4 rings (SSSR count). The average molecular weight is 417 g/mol. The van der Waals surface area contributed by atoms with Crippen molar-refractivity contribution in [3.63, 3.8) is 0 Å². The summed E-state index contributed by atoms with van der Waals surface area (Å²) in [5.74, 6) is -0.387. The number of hydrogen-bond acceptors (Lipinski definition) is 3. The van der Waals surface area contributed by atoms with Crippen molar-refractivity contribution in [2.45, 2.75) is 49.5 Å². The number of aryl methyl sites for hydroxylation is 2. The standard InChI is InChI=1S/C22H25FN2O3S/c23-19-6-8-21(9-7-19)29(27,28)24-20-10-12-25(13-11-20)22(26)15-16-4-5-17-2-1-3-18(17)14-16/h4-9,14,20,24H,1-3,10-13,15H2. The van der Waals surface area contributed by atoms with E-state index in [2.05, 4.69) is 16.9 Å². The van der Waals surface area contributed by atoms with Crippen LogP contribution in [0.5, 0.6) is 0 Å². The molecule has 1 amide bonds. The van der Waals surface area contributed by atoms with Gasteiger partial charge >= 0.3 is 0 Å². The minimum atomic E-state index is -3.69. The lowest BCUT2D eigenvalue weighted by Crippen LogP contribution is -2.46. The average Bonchev–Trinajstić information content (AvgIpc) is 3.16. The molecule has 0 unspecified atom stereocenters. The Kier molecular flexibility index (Phi) is 5.69. The first-order valence-corrected chi connectivity index (χ1v) is 11.6. The molecule has 2 aromatic rings. The number of piperidine rings is 1. The SMILES string of the molecule is O=C(Cc1ccc2c(c1)CCC2)N1CCC(NS(=O)(=O)c2ccc(F)cc2)CC1. The Hall–Kier alpha value is -2.25. The fourth-order valence-electron chi connectivity index (χ4n) is 4.17. The van der Waals surface area contributed by atoms with Gasteiger partial charge in [-0.1, -0.05) is 18.2 Å². The quantitative estimate of drug-likeness (QED) is 0.815. The summed E-state index contributed by atoms with van der Waals surface area (Å²) in [6, 6.07) is 10.9. The fourth-order valence-corrected chi connectivity index (χ4v) is 5.47. The molecule has 0 radical (unpaired) electrons. The maximum atomic E-state index is 13.0. The van der Waals surface area contributed by atoms with Crippen LogP contribution in [-0.4, -0.2) is 38.4 Å². The summed E-state index contributed by atoms with van der Waals surface area (Å²) in [7, 11) is -3.69. The lowest BCUT2D eigenvalue weighted by atomic mass is 10.0. The van der Waals surface area contributed by atoms with Crippen LogP contribution in [0, 0.1) is 5.82 Å². The zero-order valence-corrected chi connectivity index (χ0v) is 17.1. The van der Waals surface area contributed by atoms with Gasteiger partial charge in [0.2, 0.25) is 15.9 Å². The van der Waals surface area contributed by atoms with Crippen molar-refractivity contribution in [2.75, 3.05) is 13.1 Å². The van der Waals surface area contributed by atoms with Crippen LogP contribution in [0.4, 0.5) is 4.39 Å². The van der Waals surface area contributed by atoms with Crippen LogP contribution in [-0.2, 0) is 34.1 Å². The van der Waals surface area contributed by atoms with E-state index in [9.17, 15) is 17.6 Å². The summed E-state index contributed by atoms with van der Waals surface area (Å²) in [6.45, 7) is 1.06. The first-order chi connectivity index (χ1) is 13.9. The molecule has 0 spiro atoms. The highest BCUT2D eigenvalue weighted by molar-refractivity contribution is 7.89. The highest BCUT2D eigenvalue weighted by Crippen LogP contribution is 2.23. The molecular weight excluding hydrogens is 391 g/mol. The molecule has 0 atom stereocenters. The summed E-state index contributed by atoms with van der Waals surface area (Å²) in [4.78, 5) is 14.5. The number of halogens is 1. The van der Waals surface area contributed by atoms with Crippen molar-refractivity contribution in [1.29, 1.82) is 0 Å². The maximum Gasteiger partial charge on any atom is 0.240 e. The van der Waals surface area contributed by atoms with Gasteiger partial charge in [0.25, 0.3) is 0 Å². The maximum absolute atomic E-state index is 13.0. The van der Waals surface area contributed by atoms with Crippen LogP contribution in [0.15, 0.2) is 47.4 Å². The molecule has 7 heteroatoms. The minimum Gasteiger partial charge on any atom is -0.342 e. The second-order valence-corrected chi connectivity index (χ2v) is 9.58. The zero-order chi connectivity index (χ0) is 20.4. The van der Waals surface area contributed by atoms with Crippen LogP contribution in [0.25, 0.3) is 0 Å². The van der Waals surface area contributed by atoms with Gasteiger partial charge in [0.05, 0.1) is 11.3 Å². The number of fused-ring (bicyclic) bond motifs is 1. The number of carbonyl (C=O) groups excluding carboxylic acids is 1. The van der Waals surface area contributed by atoms with Crippen LogP contribution in [0.2, 0.25) is 0 Å². The summed E-state index contributed by atoms with van der Waals surface area (Å²) in [5.41, 5.74) is 3.81. The number of hydrogen-bond donors (Lipinski definition) is 1. The predicted octanol–water partition coefficient (Wildman–Crippen LogP) is 2.83. The number of carbonyl (C=O) groups is 1. The molecule has 2 aliphatic rings. The largest absolute Gasteiger partial charge is 0.342 e. The Morgan fingerprint density at radius 2 is 1.72 bits per heavy atom. The van der Waals surface area contributed by atoms with Gasteiger partial charge in [0.15, 0.2) is 0 Å². The van der Waals surface area contributed by atoms with Gasteiger partial charge < -0.3 is 4.90 Å². The number of rotatable bonds is 5. The summed E-state index contributed by atoms with van der Waals surface area (Å²) >= 11 is 0. The van der Waals surface area contributed by atoms with Gasteiger partial charge in [-0.25, -0.2) is 17.5 Å². The van der Waals surface area contributed by atoms with E-state index in [1.54, 1.807) is 0 Å². The Labute approximate surface area is 171 Å². The lowest BCUT2D eigenvalue weighted by Gasteiger charge is -2.32. The molecule has 5 nitrogen and oxygen atoms in total. The highest BCUT2D eigenvalue weighted by atomic mass is 32.2. The smallest absolute Gasteiger partial charge is 0.240 e. The number of nitrogens with zero attached hydrogens (tertiary/aromatic N) is 1. The van der Waals surface area contributed by atoms with Gasteiger partial charge in [0.1, 0.15) is 5.82 Å². The van der Waals surface area contributed by atoms with Crippen molar-refractivity contribution >= 4 is 15.9 Å². The first-order valence-electron chi connectivity index (χ1n) is 10.1. The second kappa shape index (κ2) is 8.24. The third kappa shape index (κ3) is 4.67. The molecule has 0 bridgehead atoms. The summed E-state index contributed by atoms with van der Waals surface area (Å²) in [6.07, 6.45) is 4.93. The molecule has 1 heterocycles. The molecule has 29 heavy (non-hydrogen) atoms. The number of likely N-dealkylation sites (tertiary alicyclic amines) is 1. The van der Waals surface area contributed by atoms with Gasteiger partial charge in [-0.15, -0.1) is 0 Å². The van der Waals surface area contributed by atoms with E-state index in [0.29, 0.717) is 32.4 Å². The van der Waals surface area contributed by atoms with Crippen LogP contribution >= 0.6 is 0 Å². The van der Waals surface area contributed by atoms with Crippen LogP contribution in [0.3, 0.4) is 0 Å². The molecular formula is C22H25FN2O3S. The van der Waals surface area contributed by atoms with Crippen molar-refractivity contribution in [3.05, 3.63) is 65.0 Å². The van der Waals surface area contributed by atoms with E-state index in [4.69, 9.17) is 0 Å². The summed E-state index contributed by atoms with van der Waals surface area (Å²) < 4.78 is 40.6. The molecule has 1 N–H and O–H groups in total. The number of amides is 1. The van der Waals surface area contributed by atoms with Crippen LogP contribution in [0.1, 0.15) is 36.0 Å². The van der Waals surface area contributed by atoms with Crippen molar-refractivity contribution in [3.8, 4) is 0 Å². The van der Waals surface area contributed by atoms with Gasteiger partial charge in [-0.3, -0.25) is 4.79 Å². The Balaban J connectivity index is 1.31. The first kappa shape index (κ1) is 20.0. The van der Waals surface area contributed by atoms with E-state index in [-0.39, 0.29) is 16.8 Å². The Morgan fingerprint density at radius 1 is 1.03 bits per heavy atom. The summed E-state index contributed by atoms with van der Waals surface area (Å²) in [5, 5.41) is 0. The van der Waals surface area contributed by atoms with E-state index in [1.807, 2.05) is 11.0 Å². The van der Waals surface area contributed by atoms with Gasteiger partial charge in [0, 0.05) is 19.1 Å². The number of sulfonamides is 1. The molecule has 1 fully saturated rings. The predicted molar refractivity (Wildman–Crippen MR) is 108 cm³/mol. The van der Waals surface area contributed by atoms with Gasteiger partial charge in [-0.2, -0.15) is 0 Å². The van der Waals surface area contributed by atoms with Crippen molar-refractivity contribution in [2.24, 2.45) is 0 Å². The Morgan fingerprint density at radius 3 is 2.45 bits per heavy atom. The monoisotopic (exact) mass is 416 g/mol. The second-order valence-electron chi connectivity index (χ2n) is 7.86. The van der Waals surface area contributed by atoms with Gasteiger partial charge in [-0.05, 0) is 73.1 Å².